The Hall–Kier alpha value is -3.95. The van der Waals surface area contributed by atoms with E-state index in [-0.39, 0.29) is 43.1 Å². The van der Waals surface area contributed by atoms with Crippen LogP contribution in [0.4, 0.5) is 16.2 Å². The molecule has 0 unspecified atom stereocenters. The normalized spacial score (nSPS) is 22.0. The molecular weight excluding hydrogens is 460 g/mol. The number of para-hydroxylation sites is 1. The van der Waals surface area contributed by atoms with Crippen molar-refractivity contribution >= 4 is 23.3 Å². The van der Waals surface area contributed by atoms with Crippen LogP contribution in [0.3, 0.4) is 0 Å². The summed E-state index contributed by atoms with van der Waals surface area (Å²) >= 11 is 0. The Morgan fingerprint density at radius 3 is 2.58 bits per heavy atom. The molecule has 0 radical (unpaired) electrons. The molecule has 0 spiro atoms. The van der Waals surface area contributed by atoms with Crippen LogP contribution in [0.1, 0.15) is 30.0 Å². The summed E-state index contributed by atoms with van der Waals surface area (Å²) in [5.41, 5.74) is 3.03. The Kier molecular flexibility index (Phi) is 7.11. The van der Waals surface area contributed by atoms with Gasteiger partial charge >= 0.3 is 6.03 Å². The van der Waals surface area contributed by atoms with Gasteiger partial charge in [0.05, 0.1) is 31.4 Å². The monoisotopic (exact) mass is 488 g/mol. The molecule has 1 aromatic heterocycles. The zero-order valence-electron chi connectivity index (χ0n) is 19.6. The fraction of sp³-hybridized carbons (Fsp3) is 0.296. The lowest BCUT2D eigenvalue weighted by molar-refractivity contribution is -0.142. The third kappa shape index (κ3) is 5.48. The topological polar surface area (TPSA) is 122 Å². The largest absolute Gasteiger partial charge is 0.487 e. The Bertz CT molecular complexity index is 1210. The molecule has 186 valence electrons. The molecule has 3 heterocycles. The summed E-state index contributed by atoms with van der Waals surface area (Å²) in [6.07, 6.45) is 1.13. The van der Waals surface area contributed by atoms with E-state index in [0.717, 1.165) is 11.3 Å². The van der Waals surface area contributed by atoms with Gasteiger partial charge in [-0.3, -0.25) is 9.78 Å². The number of pyridine rings is 1. The third-order valence-corrected chi connectivity index (χ3v) is 6.39. The smallest absolute Gasteiger partial charge is 0.323 e. The average molecular weight is 489 g/mol. The second-order valence-electron chi connectivity index (χ2n) is 8.90. The summed E-state index contributed by atoms with van der Waals surface area (Å²) in [5, 5.41) is 18.5. The summed E-state index contributed by atoms with van der Waals surface area (Å²) in [4.78, 5) is 29.2. The van der Waals surface area contributed by atoms with Crippen molar-refractivity contribution in [3.8, 4) is 5.75 Å². The van der Waals surface area contributed by atoms with Gasteiger partial charge in [0.2, 0.25) is 5.91 Å². The molecule has 0 saturated carbocycles. The number of aromatic nitrogens is 1. The number of aliphatic hydroxyl groups is 1. The van der Waals surface area contributed by atoms with Gasteiger partial charge in [-0.15, -0.1) is 0 Å². The molecule has 5 rings (SSSR count). The van der Waals surface area contributed by atoms with Crippen molar-refractivity contribution in [2.45, 2.75) is 43.6 Å². The standard InChI is InChI=1S/C27H28N4O5/c32-16-24-26-22(13-20(35-24)14-25(33)29-15-19-8-4-5-11-28-19)21-12-18(9-10-23(21)36-26)31-27(34)30-17-6-2-1-3-7-17/h1-12,20,22,24,26,32H,13-16H2,(H,29,33)(H2,30,31,34)/t20-,22+,24-,26-/m1/s1. The van der Waals surface area contributed by atoms with Crippen LogP contribution in [-0.4, -0.2) is 46.9 Å². The molecule has 1 fully saturated rings. The molecule has 9 nitrogen and oxygen atoms in total. The number of nitrogens with zero attached hydrogens (tertiary/aromatic N) is 1. The van der Waals surface area contributed by atoms with Gasteiger partial charge in [0, 0.05) is 29.1 Å². The van der Waals surface area contributed by atoms with Gasteiger partial charge < -0.3 is 30.5 Å². The van der Waals surface area contributed by atoms with Crippen LogP contribution in [0.5, 0.6) is 5.75 Å². The SMILES string of the molecule is O=C(C[C@H]1C[C@H]2c3cc(NC(=O)Nc4ccccc4)ccc3O[C@H]2[C@@H](CO)O1)NCc1ccccn1. The third-order valence-electron chi connectivity index (χ3n) is 6.39. The van der Waals surface area contributed by atoms with Crippen molar-refractivity contribution in [1.29, 1.82) is 0 Å². The molecule has 0 aliphatic carbocycles. The van der Waals surface area contributed by atoms with Gasteiger partial charge in [0.25, 0.3) is 0 Å². The number of aliphatic hydroxyl groups excluding tert-OH is 1. The van der Waals surface area contributed by atoms with E-state index in [4.69, 9.17) is 9.47 Å². The van der Waals surface area contributed by atoms with E-state index in [0.29, 0.717) is 30.1 Å². The van der Waals surface area contributed by atoms with E-state index < -0.39 is 6.10 Å². The summed E-state index contributed by atoms with van der Waals surface area (Å²) < 4.78 is 12.1. The van der Waals surface area contributed by atoms with E-state index in [1.165, 1.54) is 0 Å². The van der Waals surface area contributed by atoms with Crippen LogP contribution in [-0.2, 0) is 16.1 Å². The number of hydrogen-bond donors (Lipinski definition) is 4. The van der Waals surface area contributed by atoms with E-state index >= 15 is 0 Å². The van der Waals surface area contributed by atoms with Crippen LogP contribution >= 0.6 is 0 Å². The van der Waals surface area contributed by atoms with Crippen molar-refractivity contribution in [2.24, 2.45) is 0 Å². The van der Waals surface area contributed by atoms with Crippen molar-refractivity contribution < 1.29 is 24.2 Å². The van der Waals surface area contributed by atoms with Gasteiger partial charge in [-0.1, -0.05) is 24.3 Å². The Morgan fingerprint density at radius 2 is 1.81 bits per heavy atom. The van der Waals surface area contributed by atoms with E-state index in [9.17, 15) is 14.7 Å². The minimum Gasteiger partial charge on any atom is -0.487 e. The Morgan fingerprint density at radius 1 is 1.00 bits per heavy atom. The number of nitrogens with one attached hydrogen (secondary N) is 3. The first-order valence-electron chi connectivity index (χ1n) is 12.0. The van der Waals surface area contributed by atoms with Crippen molar-refractivity contribution in [3.63, 3.8) is 0 Å². The number of fused-ring (bicyclic) bond motifs is 3. The fourth-order valence-electron chi connectivity index (χ4n) is 4.75. The summed E-state index contributed by atoms with van der Waals surface area (Å²) in [5.74, 6) is 0.479. The van der Waals surface area contributed by atoms with E-state index in [1.54, 1.807) is 12.3 Å². The lowest BCUT2D eigenvalue weighted by Crippen LogP contribution is -2.47. The second-order valence-corrected chi connectivity index (χ2v) is 8.90. The fourth-order valence-corrected chi connectivity index (χ4v) is 4.75. The molecule has 1 saturated heterocycles. The molecule has 4 atom stereocenters. The highest BCUT2D eigenvalue weighted by Crippen LogP contribution is 2.47. The molecule has 2 aliphatic rings. The number of benzene rings is 2. The number of carbonyl (C=O) groups excluding carboxylic acids is 2. The van der Waals surface area contributed by atoms with E-state index in [1.807, 2.05) is 60.7 Å². The summed E-state index contributed by atoms with van der Waals surface area (Å²) in [6.45, 7) is 0.125. The molecule has 9 heteroatoms. The predicted octanol–water partition coefficient (Wildman–Crippen LogP) is 3.43. The molecule has 4 N–H and O–H groups in total. The van der Waals surface area contributed by atoms with Crippen LogP contribution in [0, 0.1) is 0 Å². The molecule has 2 aromatic carbocycles. The Balaban J connectivity index is 1.24. The second kappa shape index (κ2) is 10.8. The highest BCUT2D eigenvalue weighted by atomic mass is 16.6. The van der Waals surface area contributed by atoms with Gasteiger partial charge in [0.1, 0.15) is 18.0 Å². The van der Waals surface area contributed by atoms with Crippen LogP contribution in [0.25, 0.3) is 0 Å². The van der Waals surface area contributed by atoms with Crippen molar-refractivity contribution in [3.05, 3.63) is 84.2 Å². The number of ether oxygens (including phenoxy) is 2. The molecule has 36 heavy (non-hydrogen) atoms. The Labute approximate surface area is 208 Å². The van der Waals surface area contributed by atoms with Crippen LogP contribution in [0.2, 0.25) is 0 Å². The first-order chi connectivity index (χ1) is 17.6. The number of rotatable bonds is 7. The number of anilines is 2. The van der Waals surface area contributed by atoms with Gasteiger partial charge in [-0.05, 0) is 48.9 Å². The van der Waals surface area contributed by atoms with Gasteiger partial charge in [0.15, 0.2) is 0 Å². The highest BCUT2D eigenvalue weighted by molar-refractivity contribution is 5.99. The maximum Gasteiger partial charge on any atom is 0.323 e. The van der Waals surface area contributed by atoms with Crippen LogP contribution < -0.4 is 20.7 Å². The number of hydrogen-bond acceptors (Lipinski definition) is 6. The lowest BCUT2D eigenvalue weighted by Gasteiger charge is -2.37. The zero-order chi connectivity index (χ0) is 24.9. The summed E-state index contributed by atoms with van der Waals surface area (Å²) in [7, 11) is 0. The quantitative estimate of drug-likeness (QED) is 0.404. The van der Waals surface area contributed by atoms with Gasteiger partial charge in [-0.2, -0.15) is 0 Å². The maximum absolute atomic E-state index is 12.6. The number of carbonyl (C=O) groups is 2. The first kappa shape index (κ1) is 23.8. The van der Waals surface area contributed by atoms with Crippen molar-refractivity contribution in [2.75, 3.05) is 17.2 Å². The number of urea groups is 1. The molecular formula is C27H28N4O5. The number of amides is 3. The minimum atomic E-state index is -0.553. The van der Waals surface area contributed by atoms with Gasteiger partial charge in [-0.25, -0.2) is 4.79 Å². The van der Waals surface area contributed by atoms with Crippen LogP contribution in [0.15, 0.2) is 72.9 Å². The zero-order valence-corrected chi connectivity index (χ0v) is 19.6. The first-order valence-corrected chi connectivity index (χ1v) is 12.0. The molecule has 0 bridgehead atoms. The summed E-state index contributed by atoms with van der Waals surface area (Å²) in [6, 6.07) is 19.9. The molecule has 3 amide bonds. The highest BCUT2D eigenvalue weighted by Gasteiger charge is 2.46. The predicted molar refractivity (Wildman–Crippen MR) is 134 cm³/mol. The van der Waals surface area contributed by atoms with Crippen molar-refractivity contribution in [1.82, 2.24) is 10.3 Å². The molecule has 3 aromatic rings. The lowest BCUT2D eigenvalue weighted by atomic mass is 9.84. The maximum atomic E-state index is 12.6. The average Bonchev–Trinajstić information content (AvgIpc) is 3.26. The minimum absolute atomic E-state index is 0.0709. The van der Waals surface area contributed by atoms with E-state index in [2.05, 4.69) is 20.9 Å². The molecule has 2 aliphatic heterocycles.